The van der Waals surface area contributed by atoms with Crippen LogP contribution in [0.2, 0.25) is 0 Å². The zero-order valence-electron chi connectivity index (χ0n) is 11.2. The van der Waals surface area contributed by atoms with E-state index < -0.39 is 0 Å². The summed E-state index contributed by atoms with van der Waals surface area (Å²) in [5.41, 5.74) is 8.66. The minimum absolute atomic E-state index is 0.497. The minimum Gasteiger partial charge on any atom is -0.379 e. The molecule has 5 nitrogen and oxygen atoms in total. The van der Waals surface area contributed by atoms with Gasteiger partial charge >= 0.3 is 0 Å². The first-order valence-electron chi connectivity index (χ1n) is 6.24. The normalized spacial score (nSPS) is 11.6. The van der Waals surface area contributed by atoms with E-state index in [2.05, 4.69) is 23.8 Å². The molecular formula is C13H20N4O. The maximum atomic E-state index is 5.90. The van der Waals surface area contributed by atoms with Gasteiger partial charge in [-0.05, 0) is 24.5 Å². The number of imidazole rings is 1. The molecule has 2 heterocycles. The lowest BCUT2D eigenvalue weighted by molar-refractivity contribution is 0.104. The molecule has 2 aromatic rings. The fourth-order valence-electron chi connectivity index (χ4n) is 1.82. The van der Waals surface area contributed by atoms with E-state index in [1.807, 2.05) is 23.8 Å². The fourth-order valence-corrected chi connectivity index (χ4v) is 1.82. The molecule has 0 aliphatic rings. The molecule has 2 rings (SSSR count). The van der Waals surface area contributed by atoms with Crippen molar-refractivity contribution in [1.29, 1.82) is 0 Å². The molecule has 0 radical (unpaired) electrons. The predicted molar refractivity (Wildman–Crippen MR) is 72.3 cm³/mol. The largest absolute Gasteiger partial charge is 0.379 e. The number of nitrogens with two attached hydrogens (primary N) is 1. The first kappa shape index (κ1) is 12.8. The monoisotopic (exact) mass is 248 g/mol. The van der Waals surface area contributed by atoms with Crippen LogP contribution in [-0.4, -0.2) is 27.7 Å². The minimum atomic E-state index is 0.497. The number of rotatable bonds is 5. The van der Waals surface area contributed by atoms with Gasteiger partial charge in [-0.15, -0.1) is 0 Å². The number of nitrogens with zero attached hydrogens (tertiary/aromatic N) is 3. The Balaban J connectivity index is 2.10. The van der Waals surface area contributed by atoms with Crippen LogP contribution in [0, 0.1) is 12.8 Å². The van der Waals surface area contributed by atoms with Crippen LogP contribution in [0.1, 0.15) is 19.4 Å². The van der Waals surface area contributed by atoms with Gasteiger partial charge in [0.1, 0.15) is 5.52 Å². The zero-order valence-corrected chi connectivity index (χ0v) is 11.2. The molecule has 0 saturated heterocycles. The van der Waals surface area contributed by atoms with Crippen LogP contribution in [0.15, 0.2) is 12.3 Å². The average molecular weight is 248 g/mol. The molecule has 0 bridgehead atoms. The Hall–Kier alpha value is -1.62. The van der Waals surface area contributed by atoms with Crippen molar-refractivity contribution in [2.45, 2.75) is 27.3 Å². The molecule has 98 valence electrons. The third-order valence-corrected chi connectivity index (χ3v) is 2.66. The molecule has 0 aliphatic carbocycles. The van der Waals surface area contributed by atoms with E-state index in [1.54, 1.807) is 0 Å². The molecule has 0 spiro atoms. The molecule has 18 heavy (non-hydrogen) atoms. The van der Waals surface area contributed by atoms with E-state index in [1.165, 1.54) is 0 Å². The Kier molecular flexibility index (Phi) is 3.81. The Morgan fingerprint density at radius 3 is 2.94 bits per heavy atom. The van der Waals surface area contributed by atoms with Gasteiger partial charge < -0.3 is 10.5 Å². The van der Waals surface area contributed by atoms with Crippen molar-refractivity contribution in [2.75, 3.05) is 18.9 Å². The van der Waals surface area contributed by atoms with Gasteiger partial charge in [-0.2, -0.15) is 0 Å². The van der Waals surface area contributed by atoms with E-state index in [-0.39, 0.29) is 0 Å². The Labute approximate surface area is 107 Å². The lowest BCUT2D eigenvalue weighted by Gasteiger charge is -2.08. The zero-order chi connectivity index (χ0) is 13.1. The first-order valence-corrected chi connectivity index (χ1v) is 6.24. The summed E-state index contributed by atoms with van der Waals surface area (Å²) in [5.74, 6) is 1.04. The summed E-state index contributed by atoms with van der Waals surface area (Å²) in [7, 11) is 0. The van der Waals surface area contributed by atoms with Crippen LogP contribution in [0.25, 0.3) is 11.2 Å². The Bertz CT molecular complexity index is 533. The molecule has 0 amide bonds. The number of pyridine rings is 1. The van der Waals surface area contributed by atoms with E-state index in [0.717, 1.165) is 23.3 Å². The van der Waals surface area contributed by atoms with Crippen molar-refractivity contribution >= 4 is 17.1 Å². The van der Waals surface area contributed by atoms with Crippen molar-refractivity contribution in [3.05, 3.63) is 17.8 Å². The quantitative estimate of drug-likeness (QED) is 0.822. The number of aromatic nitrogens is 3. The lowest BCUT2D eigenvalue weighted by atomic mass is 10.2. The van der Waals surface area contributed by atoms with Crippen LogP contribution in [0.3, 0.4) is 0 Å². The highest BCUT2D eigenvalue weighted by Crippen LogP contribution is 2.16. The molecule has 0 saturated carbocycles. The van der Waals surface area contributed by atoms with E-state index in [0.29, 0.717) is 25.0 Å². The summed E-state index contributed by atoms with van der Waals surface area (Å²) in [6.07, 6.45) is 1.83. The molecule has 0 aromatic carbocycles. The van der Waals surface area contributed by atoms with Gasteiger partial charge in [0.2, 0.25) is 5.95 Å². The van der Waals surface area contributed by atoms with Crippen LogP contribution in [0.5, 0.6) is 0 Å². The third-order valence-electron chi connectivity index (χ3n) is 2.66. The number of fused-ring (bicyclic) bond motifs is 1. The predicted octanol–water partition coefficient (Wildman–Crippen LogP) is 1.99. The Morgan fingerprint density at radius 1 is 1.44 bits per heavy atom. The van der Waals surface area contributed by atoms with Gasteiger partial charge in [-0.3, -0.25) is 4.57 Å². The molecule has 5 heteroatoms. The van der Waals surface area contributed by atoms with Gasteiger partial charge in [-0.25, -0.2) is 9.97 Å². The summed E-state index contributed by atoms with van der Waals surface area (Å²) in [4.78, 5) is 8.69. The van der Waals surface area contributed by atoms with E-state index >= 15 is 0 Å². The van der Waals surface area contributed by atoms with Crippen LogP contribution in [0.4, 0.5) is 5.95 Å². The number of hydrogen-bond donors (Lipinski definition) is 1. The second-order valence-corrected chi connectivity index (χ2v) is 4.95. The summed E-state index contributed by atoms with van der Waals surface area (Å²) in [6, 6.07) is 1.99. The van der Waals surface area contributed by atoms with E-state index in [4.69, 9.17) is 10.5 Å². The van der Waals surface area contributed by atoms with Crippen molar-refractivity contribution in [3.8, 4) is 0 Å². The topological polar surface area (TPSA) is 66.0 Å². The second kappa shape index (κ2) is 5.35. The molecule has 0 fully saturated rings. The highest BCUT2D eigenvalue weighted by atomic mass is 16.5. The summed E-state index contributed by atoms with van der Waals surface area (Å²) in [5, 5.41) is 0. The molecule has 2 aromatic heterocycles. The number of hydrogen-bond acceptors (Lipinski definition) is 4. The highest BCUT2D eigenvalue weighted by Gasteiger charge is 2.09. The lowest BCUT2D eigenvalue weighted by Crippen LogP contribution is -2.11. The van der Waals surface area contributed by atoms with Gasteiger partial charge in [0.15, 0.2) is 5.65 Å². The van der Waals surface area contributed by atoms with Gasteiger partial charge in [0.05, 0.1) is 13.2 Å². The van der Waals surface area contributed by atoms with Gasteiger partial charge in [-0.1, -0.05) is 13.8 Å². The van der Waals surface area contributed by atoms with E-state index in [9.17, 15) is 0 Å². The smallest absolute Gasteiger partial charge is 0.202 e. The summed E-state index contributed by atoms with van der Waals surface area (Å²) in [6.45, 7) is 8.33. The van der Waals surface area contributed by atoms with Crippen molar-refractivity contribution in [1.82, 2.24) is 14.5 Å². The average Bonchev–Trinajstić information content (AvgIpc) is 2.59. The number of nitrogen functional groups attached to an aromatic ring is 1. The van der Waals surface area contributed by atoms with Gasteiger partial charge in [0.25, 0.3) is 0 Å². The Morgan fingerprint density at radius 2 is 2.22 bits per heavy atom. The van der Waals surface area contributed by atoms with Crippen molar-refractivity contribution < 1.29 is 4.74 Å². The standard InChI is InChI=1S/C13H20N4O/c1-9(2)8-18-5-4-17-12-11(16-13(17)14)6-10(3)7-15-12/h6-7,9H,4-5,8H2,1-3H3,(H2,14,16). The van der Waals surface area contributed by atoms with Crippen LogP contribution < -0.4 is 5.73 Å². The number of anilines is 1. The van der Waals surface area contributed by atoms with Crippen LogP contribution in [-0.2, 0) is 11.3 Å². The van der Waals surface area contributed by atoms with Gasteiger partial charge in [0, 0.05) is 12.8 Å². The van der Waals surface area contributed by atoms with Crippen LogP contribution >= 0.6 is 0 Å². The molecule has 0 unspecified atom stereocenters. The molecular weight excluding hydrogens is 228 g/mol. The summed E-state index contributed by atoms with van der Waals surface area (Å²) >= 11 is 0. The molecule has 0 aliphatic heterocycles. The number of ether oxygens (including phenoxy) is 1. The van der Waals surface area contributed by atoms with Crippen molar-refractivity contribution in [2.24, 2.45) is 5.92 Å². The van der Waals surface area contributed by atoms with Crippen molar-refractivity contribution in [3.63, 3.8) is 0 Å². The molecule has 2 N–H and O–H groups in total. The highest BCUT2D eigenvalue weighted by molar-refractivity contribution is 5.74. The fraction of sp³-hybridized carbons (Fsp3) is 0.538. The first-order chi connectivity index (χ1) is 8.58. The maximum Gasteiger partial charge on any atom is 0.202 e. The number of aryl methyl sites for hydroxylation is 1. The SMILES string of the molecule is Cc1cnc2c(c1)nc(N)n2CCOCC(C)C. The molecule has 0 atom stereocenters. The summed E-state index contributed by atoms with van der Waals surface area (Å²) < 4.78 is 7.46. The maximum absolute atomic E-state index is 5.90. The third kappa shape index (κ3) is 2.79. The second-order valence-electron chi connectivity index (χ2n) is 4.95.